The number of nitrogens with one attached hydrogen (secondary N) is 1. The van der Waals surface area contributed by atoms with E-state index < -0.39 is 0 Å². The molecule has 0 radical (unpaired) electrons. The molecule has 0 aromatic carbocycles. The minimum absolute atomic E-state index is 0.188. The Morgan fingerprint density at radius 1 is 1.54 bits per heavy atom. The van der Waals surface area contributed by atoms with Crippen LogP contribution in [0.1, 0.15) is 0 Å². The Balaban J connectivity index is 3.01. The highest BCUT2D eigenvalue weighted by Gasteiger charge is 2.03. The Labute approximate surface area is 92.3 Å². The summed E-state index contributed by atoms with van der Waals surface area (Å²) in [5.41, 5.74) is 0.239. The van der Waals surface area contributed by atoms with Crippen molar-refractivity contribution in [2.75, 3.05) is 0 Å². The van der Waals surface area contributed by atoms with Crippen LogP contribution >= 0.6 is 34.2 Å². The highest BCUT2D eigenvalue weighted by Crippen LogP contribution is 2.18. The van der Waals surface area contributed by atoms with Gasteiger partial charge in [0.25, 0.3) is 5.56 Å². The van der Waals surface area contributed by atoms with E-state index in [2.05, 4.69) is 32.6 Å². The van der Waals surface area contributed by atoms with Crippen LogP contribution < -0.4 is 5.56 Å². The number of aromatic amines is 1. The van der Waals surface area contributed by atoms with Gasteiger partial charge in [-0.1, -0.05) is 11.6 Å². The number of fused-ring (bicyclic) bond motifs is 1. The molecule has 0 aliphatic heterocycles. The Hall–Kier alpha value is -0.620. The molecule has 0 saturated heterocycles. The maximum atomic E-state index is 11.3. The van der Waals surface area contributed by atoms with Crippen molar-refractivity contribution in [3.63, 3.8) is 0 Å². The van der Waals surface area contributed by atoms with Gasteiger partial charge in [0.1, 0.15) is 5.52 Å². The van der Waals surface area contributed by atoms with E-state index in [4.69, 9.17) is 11.6 Å². The highest BCUT2D eigenvalue weighted by molar-refractivity contribution is 14.1. The molecule has 0 spiro atoms. The lowest BCUT2D eigenvalue weighted by molar-refractivity contribution is 1.23. The van der Waals surface area contributed by atoms with Crippen LogP contribution in [-0.4, -0.2) is 9.97 Å². The van der Waals surface area contributed by atoms with Gasteiger partial charge in [0, 0.05) is 21.4 Å². The Morgan fingerprint density at radius 3 is 3.08 bits per heavy atom. The van der Waals surface area contributed by atoms with E-state index >= 15 is 0 Å². The molecule has 66 valence electrons. The van der Waals surface area contributed by atoms with Gasteiger partial charge in [0.15, 0.2) is 0 Å². The summed E-state index contributed by atoms with van der Waals surface area (Å²) in [6, 6.07) is 1.74. The predicted octanol–water partition coefficient (Wildman–Crippen LogP) is 2.18. The molecule has 2 rings (SSSR count). The minimum atomic E-state index is -0.188. The van der Waals surface area contributed by atoms with Crippen molar-refractivity contribution in [1.29, 1.82) is 0 Å². The van der Waals surface area contributed by atoms with Crippen molar-refractivity contribution < 1.29 is 0 Å². The van der Waals surface area contributed by atoms with E-state index in [9.17, 15) is 4.79 Å². The first kappa shape index (κ1) is 8.96. The fourth-order valence-corrected chi connectivity index (χ4v) is 1.80. The fourth-order valence-electron chi connectivity index (χ4n) is 1.08. The molecule has 0 aliphatic carbocycles. The number of pyridine rings is 2. The molecular weight excluding hydrogens is 302 g/mol. The van der Waals surface area contributed by atoms with Crippen LogP contribution in [0.2, 0.25) is 5.02 Å². The molecule has 3 nitrogen and oxygen atoms in total. The Kier molecular flexibility index (Phi) is 2.25. The summed E-state index contributed by atoms with van der Waals surface area (Å²) in [6.45, 7) is 0. The number of aromatic nitrogens is 2. The molecule has 0 saturated carbocycles. The second-order valence-electron chi connectivity index (χ2n) is 2.52. The van der Waals surface area contributed by atoms with E-state index in [-0.39, 0.29) is 5.56 Å². The lowest BCUT2D eigenvalue weighted by Gasteiger charge is -1.98. The van der Waals surface area contributed by atoms with Gasteiger partial charge >= 0.3 is 0 Å². The summed E-state index contributed by atoms with van der Waals surface area (Å²) in [5, 5.41) is 1.33. The van der Waals surface area contributed by atoms with Gasteiger partial charge in [-0.15, -0.1) is 0 Å². The van der Waals surface area contributed by atoms with E-state index in [0.29, 0.717) is 10.5 Å². The second kappa shape index (κ2) is 3.26. The van der Waals surface area contributed by atoms with Crippen LogP contribution in [0.25, 0.3) is 10.9 Å². The second-order valence-corrected chi connectivity index (χ2v) is 4.11. The average Bonchev–Trinajstić information content (AvgIpc) is 2.12. The van der Waals surface area contributed by atoms with Gasteiger partial charge in [-0.05, 0) is 28.7 Å². The van der Waals surface area contributed by atoms with Crippen molar-refractivity contribution in [2.24, 2.45) is 0 Å². The zero-order chi connectivity index (χ0) is 9.42. The quantitative estimate of drug-likeness (QED) is 0.758. The summed E-state index contributed by atoms with van der Waals surface area (Å²) in [7, 11) is 0. The van der Waals surface area contributed by atoms with Crippen LogP contribution in [0.15, 0.2) is 23.3 Å². The number of halogens is 2. The van der Waals surface area contributed by atoms with E-state index in [0.717, 1.165) is 8.96 Å². The molecule has 0 bridgehead atoms. The summed E-state index contributed by atoms with van der Waals surface area (Å²) in [5.74, 6) is 0. The zero-order valence-electron chi connectivity index (χ0n) is 6.34. The predicted molar refractivity (Wildman–Crippen MR) is 60.1 cm³/mol. The SMILES string of the molecule is O=c1[nH]cc(I)c2cc(Cl)cnc12. The van der Waals surface area contributed by atoms with Crippen molar-refractivity contribution in [3.05, 3.63) is 37.4 Å². The van der Waals surface area contributed by atoms with Crippen molar-refractivity contribution in [1.82, 2.24) is 9.97 Å². The van der Waals surface area contributed by atoms with Gasteiger partial charge in [-0.2, -0.15) is 0 Å². The monoisotopic (exact) mass is 306 g/mol. The third kappa shape index (κ3) is 1.55. The summed E-state index contributed by atoms with van der Waals surface area (Å²) >= 11 is 7.89. The van der Waals surface area contributed by atoms with Gasteiger partial charge in [0.05, 0.1) is 5.02 Å². The molecule has 0 atom stereocenters. The lowest BCUT2D eigenvalue weighted by Crippen LogP contribution is -2.07. The maximum Gasteiger partial charge on any atom is 0.274 e. The summed E-state index contributed by atoms with van der Waals surface area (Å²) < 4.78 is 0.933. The van der Waals surface area contributed by atoms with E-state index in [1.165, 1.54) is 6.20 Å². The summed E-state index contributed by atoms with van der Waals surface area (Å²) in [6.07, 6.45) is 3.11. The van der Waals surface area contributed by atoms with Gasteiger partial charge in [0.2, 0.25) is 0 Å². The van der Waals surface area contributed by atoms with Crippen LogP contribution in [0.5, 0.6) is 0 Å². The third-order valence-electron chi connectivity index (χ3n) is 1.66. The first-order valence-electron chi connectivity index (χ1n) is 3.51. The number of rotatable bonds is 0. The minimum Gasteiger partial charge on any atom is -0.326 e. The first-order valence-corrected chi connectivity index (χ1v) is 4.96. The molecule has 13 heavy (non-hydrogen) atoms. The molecule has 2 aromatic heterocycles. The largest absolute Gasteiger partial charge is 0.326 e. The molecule has 1 N–H and O–H groups in total. The number of hydrogen-bond acceptors (Lipinski definition) is 2. The Morgan fingerprint density at radius 2 is 2.31 bits per heavy atom. The normalized spacial score (nSPS) is 10.6. The smallest absolute Gasteiger partial charge is 0.274 e. The van der Waals surface area contributed by atoms with E-state index in [1.54, 1.807) is 12.3 Å². The number of nitrogens with zero attached hydrogens (tertiary/aromatic N) is 1. The molecule has 0 amide bonds. The molecule has 5 heteroatoms. The lowest BCUT2D eigenvalue weighted by atomic mass is 10.3. The number of hydrogen-bond donors (Lipinski definition) is 1. The topological polar surface area (TPSA) is 45.8 Å². The van der Waals surface area contributed by atoms with E-state index in [1.807, 2.05) is 0 Å². The van der Waals surface area contributed by atoms with Crippen LogP contribution in [0.3, 0.4) is 0 Å². The molecule has 2 aromatic rings. The van der Waals surface area contributed by atoms with Gasteiger partial charge < -0.3 is 4.98 Å². The summed E-state index contributed by atoms with van der Waals surface area (Å²) in [4.78, 5) is 17.8. The van der Waals surface area contributed by atoms with Crippen LogP contribution in [0, 0.1) is 3.57 Å². The average molecular weight is 306 g/mol. The third-order valence-corrected chi connectivity index (χ3v) is 2.76. The molecule has 2 heterocycles. The zero-order valence-corrected chi connectivity index (χ0v) is 9.26. The van der Waals surface area contributed by atoms with Gasteiger partial charge in [-0.25, -0.2) is 4.98 Å². The molecule has 0 aliphatic rings. The standard InChI is InChI=1S/C8H4ClIN2O/c9-4-1-5-6(10)3-12-8(13)7(5)11-2-4/h1-3H,(H,12,13). The molecular formula is C8H4ClIN2O. The molecule has 0 fully saturated rings. The number of H-pyrrole nitrogens is 1. The van der Waals surface area contributed by atoms with Crippen molar-refractivity contribution >= 4 is 45.1 Å². The fraction of sp³-hybridized carbons (Fsp3) is 0. The van der Waals surface area contributed by atoms with Crippen LogP contribution in [-0.2, 0) is 0 Å². The van der Waals surface area contributed by atoms with Crippen molar-refractivity contribution in [2.45, 2.75) is 0 Å². The highest BCUT2D eigenvalue weighted by atomic mass is 127. The molecule has 0 unspecified atom stereocenters. The van der Waals surface area contributed by atoms with Crippen molar-refractivity contribution in [3.8, 4) is 0 Å². The Bertz CT molecular complexity index is 523. The van der Waals surface area contributed by atoms with Crippen LogP contribution in [0.4, 0.5) is 0 Å². The maximum absolute atomic E-state index is 11.3. The van der Waals surface area contributed by atoms with Gasteiger partial charge in [-0.3, -0.25) is 4.79 Å². The first-order chi connectivity index (χ1) is 6.18.